The zero-order chi connectivity index (χ0) is 15.0. The molecule has 0 aliphatic carbocycles. The minimum absolute atomic E-state index is 1.16. The molecule has 0 spiro atoms. The van der Waals surface area contributed by atoms with Crippen LogP contribution in [-0.2, 0) is 0 Å². The first kappa shape index (κ1) is 16.8. The van der Waals surface area contributed by atoms with Crippen LogP contribution in [0.5, 0.6) is 0 Å². The number of allylic oxidation sites excluding steroid dienone is 1. The van der Waals surface area contributed by atoms with E-state index in [1.165, 1.54) is 30.5 Å². The molecule has 1 aromatic rings. The topological polar surface area (TPSA) is 95.2 Å². The third kappa shape index (κ3) is 7.37. The maximum absolute atomic E-state index is 8.49. The lowest BCUT2D eigenvalue weighted by atomic mass is 10.0. The summed E-state index contributed by atoms with van der Waals surface area (Å²) in [7, 11) is -4.94. The van der Waals surface area contributed by atoms with Gasteiger partial charge in [-0.05, 0) is 11.1 Å². The van der Waals surface area contributed by atoms with E-state index in [1.54, 1.807) is 0 Å². The van der Waals surface area contributed by atoms with Gasteiger partial charge in [0.25, 0.3) is 0 Å². The van der Waals surface area contributed by atoms with E-state index in [2.05, 4.69) is 54.1 Å². The van der Waals surface area contributed by atoms with Crippen molar-refractivity contribution in [3.8, 4) is 0 Å². The number of hydrogen-bond donors (Lipinski definition) is 0. The summed E-state index contributed by atoms with van der Waals surface area (Å²) >= 11 is 0. The van der Waals surface area contributed by atoms with Crippen molar-refractivity contribution in [3.05, 3.63) is 42.0 Å². The zero-order valence-electron chi connectivity index (χ0n) is 11.3. The van der Waals surface area contributed by atoms with Crippen molar-refractivity contribution in [3.63, 3.8) is 0 Å². The second-order valence-electron chi connectivity index (χ2n) is 4.37. The van der Waals surface area contributed by atoms with Crippen LogP contribution in [0.4, 0.5) is 0 Å². The Bertz CT molecular complexity index is 460. The number of halogens is 1. The summed E-state index contributed by atoms with van der Waals surface area (Å²) in [5, 5.41) is 0. The van der Waals surface area contributed by atoms with Crippen molar-refractivity contribution in [2.24, 2.45) is 0 Å². The lowest BCUT2D eigenvalue weighted by Crippen LogP contribution is -2.68. The Labute approximate surface area is 120 Å². The molecule has 0 unspecified atom stereocenters. The molecule has 1 aliphatic rings. The van der Waals surface area contributed by atoms with Crippen LogP contribution < -0.4 is 18.6 Å². The molecule has 0 saturated heterocycles. The molecule has 0 radical (unpaired) electrons. The van der Waals surface area contributed by atoms with E-state index in [0.717, 1.165) is 6.54 Å². The van der Waals surface area contributed by atoms with Gasteiger partial charge in [-0.25, -0.2) is 23.2 Å². The summed E-state index contributed by atoms with van der Waals surface area (Å²) in [6.07, 6.45) is 6.88. The maximum atomic E-state index is 8.49. The highest BCUT2D eigenvalue weighted by atomic mass is 35.7. The van der Waals surface area contributed by atoms with Gasteiger partial charge in [0.05, 0.1) is 0 Å². The predicted molar refractivity (Wildman–Crippen MR) is 65.4 cm³/mol. The Kier molecular flexibility index (Phi) is 6.84. The van der Waals surface area contributed by atoms with Crippen molar-refractivity contribution < 1.29 is 33.5 Å². The van der Waals surface area contributed by atoms with Crippen LogP contribution in [0.25, 0.3) is 5.57 Å². The molecule has 0 atom stereocenters. The van der Waals surface area contributed by atoms with Gasteiger partial charge in [0, 0.05) is 18.9 Å². The molecule has 1 heterocycles. The molecule has 20 heavy (non-hydrogen) atoms. The maximum Gasteiger partial charge on any atom is 0.163 e. The Morgan fingerprint density at radius 2 is 1.70 bits per heavy atom. The number of hydrogen-bond acceptors (Lipinski definition) is 4. The van der Waals surface area contributed by atoms with Crippen molar-refractivity contribution in [1.82, 2.24) is 0 Å². The van der Waals surface area contributed by atoms with E-state index in [9.17, 15) is 0 Å². The van der Waals surface area contributed by atoms with Gasteiger partial charge in [-0.2, -0.15) is 0 Å². The van der Waals surface area contributed by atoms with Crippen LogP contribution in [0, 0.1) is 10.2 Å². The molecule has 2 rings (SSSR count). The van der Waals surface area contributed by atoms with Crippen molar-refractivity contribution in [1.29, 1.82) is 0 Å². The number of benzene rings is 1. The fraction of sp³-hybridized carbons (Fsp3) is 0.357. The SMILES string of the molecule is CCC[N+]1=CC=C(c2ccccc2)CC1.[O-][Cl+3]([O-])([O-])[O-]. The van der Waals surface area contributed by atoms with Gasteiger partial charge in [-0.3, -0.25) is 0 Å². The molecular formula is C14H18ClNO4. The molecule has 5 nitrogen and oxygen atoms in total. The van der Waals surface area contributed by atoms with E-state index in [0.29, 0.717) is 0 Å². The lowest BCUT2D eigenvalue weighted by molar-refractivity contribution is -2.00. The molecule has 0 amide bonds. The molecule has 1 aromatic carbocycles. The van der Waals surface area contributed by atoms with Crippen LogP contribution in [0.3, 0.4) is 0 Å². The van der Waals surface area contributed by atoms with E-state index < -0.39 is 10.2 Å². The van der Waals surface area contributed by atoms with E-state index in [4.69, 9.17) is 18.6 Å². The summed E-state index contributed by atoms with van der Waals surface area (Å²) in [6.45, 7) is 4.57. The summed E-state index contributed by atoms with van der Waals surface area (Å²) < 4.78 is 36.4. The Morgan fingerprint density at radius 1 is 1.10 bits per heavy atom. The zero-order valence-corrected chi connectivity index (χ0v) is 12.1. The minimum Gasteiger partial charge on any atom is -0.236 e. The minimum atomic E-state index is -4.94. The Hall–Kier alpha value is -1.24. The monoisotopic (exact) mass is 299 g/mol. The Morgan fingerprint density at radius 3 is 2.15 bits per heavy atom. The summed E-state index contributed by atoms with van der Waals surface area (Å²) in [5.41, 5.74) is 2.83. The first-order chi connectivity index (χ1) is 9.40. The van der Waals surface area contributed by atoms with E-state index in [-0.39, 0.29) is 0 Å². The smallest absolute Gasteiger partial charge is 0.163 e. The number of nitrogens with zero attached hydrogens (tertiary/aromatic N) is 1. The second kappa shape index (κ2) is 8.14. The van der Waals surface area contributed by atoms with Crippen LogP contribution in [0.2, 0.25) is 0 Å². The quantitative estimate of drug-likeness (QED) is 0.616. The summed E-state index contributed by atoms with van der Waals surface area (Å²) in [4.78, 5) is 0. The van der Waals surface area contributed by atoms with Crippen LogP contribution in [0.1, 0.15) is 25.3 Å². The molecule has 110 valence electrons. The van der Waals surface area contributed by atoms with E-state index >= 15 is 0 Å². The van der Waals surface area contributed by atoms with Gasteiger partial charge in [0.1, 0.15) is 13.1 Å². The van der Waals surface area contributed by atoms with Crippen LogP contribution >= 0.6 is 0 Å². The fourth-order valence-electron chi connectivity index (χ4n) is 1.98. The van der Waals surface area contributed by atoms with Crippen molar-refractivity contribution in [2.45, 2.75) is 19.8 Å². The average molecular weight is 300 g/mol. The molecule has 0 saturated carbocycles. The van der Waals surface area contributed by atoms with Crippen molar-refractivity contribution >= 4 is 11.8 Å². The Balaban J connectivity index is 0.000000347. The third-order valence-electron chi connectivity index (χ3n) is 2.81. The molecular weight excluding hydrogens is 282 g/mol. The molecule has 0 N–H and O–H groups in total. The third-order valence-corrected chi connectivity index (χ3v) is 2.81. The standard InChI is InChI=1S/C14H18N.ClHO4/c1-2-10-15-11-8-14(9-12-15)13-6-4-3-5-7-13;2-1(3,4)5/h3-8,11H,2,9-10,12H2,1H3;(H,2,3,4,5)/q+1;/p-1. The first-order valence-corrected chi connectivity index (χ1v) is 7.59. The molecule has 0 bridgehead atoms. The van der Waals surface area contributed by atoms with E-state index in [1.807, 2.05) is 0 Å². The number of rotatable bonds is 3. The van der Waals surface area contributed by atoms with Gasteiger partial charge in [-0.1, -0.05) is 37.3 Å². The normalized spacial score (nSPS) is 14.8. The molecule has 0 aromatic heterocycles. The average Bonchev–Trinajstić information content (AvgIpc) is 2.39. The van der Waals surface area contributed by atoms with Gasteiger partial charge in [0.2, 0.25) is 0 Å². The highest BCUT2D eigenvalue weighted by Gasteiger charge is 2.11. The second-order valence-corrected chi connectivity index (χ2v) is 5.13. The van der Waals surface area contributed by atoms with Gasteiger partial charge < -0.3 is 0 Å². The largest absolute Gasteiger partial charge is 0.236 e. The first-order valence-electron chi connectivity index (χ1n) is 6.35. The lowest BCUT2D eigenvalue weighted by Gasteiger charge is -2.17. The van der Waals surface area contributed by atoms with Crippen molar-refractivity contribution in [2.75, 3.05) is 13.1 Å². The molecule has 6 heteroatoms. The fourth-order valence-corrected chi connectivity index (χ4v) is 1.98. The highest BCUT2D eigenvalue weighted by molar-refractivity contribution is 5.83. The van der Waals surface area contributed by atoms with Crippen LogP contribution in [0.15, 0.2) is 36.4 Å². The summed E-state index contributed by atoms with van der Waals surface area (Å²) in [6, 6.07) is 10.7. The molecule has 1 aliphatic heterocycles. The van der Waals surface area contributed by atoms with Gasteiger partial charge >= 0.3 is 0 Å². The van der Waals surface area contributed by atoms with Gasteiger partial charge in [-0.15, -0.1) is 10.2 Å². The highest BCUT2D eigenvalue weighted by Crippen LogP contribution is 2.19. The van der Waals surface area contributed by atoms with Crippen LogP contribution in [-0.4, -0.2) is 23.9 Å². The van der Waals surface area contributed by atoms with Gasteiger partial charge in [0.15, 0.2) is 6.21 Å². The predicted octanol–water partition coefficient (Wildman–Crippen LogP) is -1.79. The summed E-state index contributed by atoms with van der Waals surface area (Å²) in [5.74, 6) is 0. The molecule has 0 fully saturated rings.